The lowest BCUT2D eigenvalue weighted by Crippen LogP contribution is -2.14. The Morgan fingerprint density at radius 1 is 1.30 bits per heavy atom. The SMILES string of the molecule is COc1cc(CNCc2cc(F)ccc2C#N)ccn1. The van der Waals surface area contributed by atoms with Crippen LogP contribution in [0.5, 0.6) is 5.88 Å². The van der Waals surface area contributed by atoms with Crippen LogP contribution in [0.25, 0.3) is 0 Å². The minimum atomic E-state index is -0.341. The van der Waals surface area contributed by atoms with Crippen molar-refractivity contribution in [2.45, 2.75) is 13.1 Å². The summed E-state index contributed by atoms with van der Waals surface area (Å²) in [6.07, 6.45) is 1.67. The van der Waals surface area contributed by atoms with Crippen LogP contribution in [0.15, 0.2) is 36.5 Å². The fraction of sp³-hybridized carbons (Fsp3) is 0.200. The number of nitrogens with zero attached hydrogens (tertiary/aromatic N) is 2. The summed E-state index contributed by atoms with van der Waals surface area (Å²) in [5.74, 6) is 0.208. The molecule has 0 spiro atoms. The third-order valence-electron chi connectivity index (χ3n) is 2.84. The summed E-state index contributed by atoms with van der Waals surface area (Å²) in [5.41, 5.74) is 2.13. The van der Waals surface area contributed by atoms with Crippen LogP contribution in [0.2, 0.25) is 0 Å². The number of aromatic nitrogens is 1. The number of ether oxygens (including phenoxy) is 1. The second-order valence-corrected chi connectivity index (χ2v) is 4.22. The summed E-state index contributed by atoms with van der Waals surface area (Å²) in [7, 11) is 1.56. The molecule has 0 aliphatic carbocycles. The molecule has 0 radical (unpaired) electrons. The Morgan fingerprint density at radius 2 is 2.15 bits per heavy atom. The summed E-state index contributed by atoms with van der Waals surface area (Å²) in [5, 5.41) is 12.1. The highest BCUT2D eigenvalue weighted by atomic mass is 19.1. The quantitative estimate of drug-likeness (QED) is 0.907. The van der Waals surface area contributed by atoms with E-state index >= 15 is 0 Å². The van der Waals surface area contributed by atoms with Gasteiger partial charge < -0.3 is 10.1 Å². The molecule has 0 amide bonds. The zero-order valence-electron chi connectivity index (χ0n) is 11.1. The molecule has 0 fully saturated rings. The average Bonchev–Trinajstić information content (AvgIpc) is 2.48. The molecule has 1 aromatic heterocycles. The predicted molar refractivity (Wildman–Crippen MR) is 72.4 cm³/mol. The first kappa shape index (κ1) is 14.0. The van der Waals surface area contributed by atoms with Gasteiger partial charge in [-0.25, -0.2) is 9.37 Å². The number of nitriles is 1. The van der Waals surface area contributed by atoms with Crippen LogP contribution >= 0.6 is 0 Å². The van der Waals surface area contributed by atoms with E-state index in [9.17, 15) is 4.39 Å². The third-order valence-corrected chi connectivity index (χ3v) is 2.84. The highest BCUT2D eigenvalue weighted by molar-refractivity contribution is 5.37. The van der Waals surface area contributed by atoms with Gasteiger partial charge in [0, 0.05) is 25.4 Å². The van der Waals surface area contributed by atoms with Gasteiger partial charge in [-0.3, -0.25) is 0 Å². The number of methoxy groups -OCH3 is 1. The molecule has 2 aromatic rings. The molecule has 102 valence electrons. The number of hydrogen-bond acceptors (Lipinski definition) is 4. The van der Waals surface area contributed by atoms with Crippen molar-refractivity contribution in [3.8, 4) is 11.9 Å². The number of pyridine rings is 1. The molecule has 0 unspecified atom stereocenters. The minimum Gasteiger partial charge on any atom is -0.481 e. The summed E-state index contributed by atoms with van der Waals surface area (Å²) < 4.78 is 18.2. The van der Waals surface area contributed by atoms with E-state index in [4.69, 9.17) is 10.00 Å². The molecule has 0 saturated carbocycles. The molecular weight excluding hydrogens is 257 g/mol. The number of rotatable bonds is 5. The number of benzene rings is 1. The van der Waals surface area contributed by atoms with E-state index in [0.29, 0.717) is 30.1 Å². The van der Waals surface area contributed by atoms with E-state index in [1.54, 1.807) is 13.3 Å². The van der Waals surface area contributed by atoms with Gasteiger partial charge in [-0.1, -0.05) is 0 Å². The summed E-state index contributed by atoms with van der Waals surface area (Å²) >= 11 is 0. The lowest BCUT2D eigenvalue weighted by atomic mass is 10.1. The van der Waals surface area contributed by atoms with Gasteiger partial charge >= 0.3 is 0 Å². The Kier molecular flexibility index (Phi) is 4.64. The Hall–Kier alpha value is -2.45. The first-order valence-electron chi connectivity index (χ1n) is 6.11. The van der Waals surface area contributed by atoms with Gasteiger partial charge in [0.15, 0.2) is 0 Å². The maximum absolute atomic E-state index is 13.2. The molecule has 20 heavy (non-hydrogen) atoms. The van der Waals surface area contributed by atoms with Gasteiger partial charge in [0.05, 0.1) is 18.7 Å². The van der Waals surface area contributed by atoms with Crippen molar-refractivity contribution in [2.75, 3.05) is 7.11 Å². The van der Waals surface area contributed by atoms with Gasteiger partial charge in [-0.15, -0.1) is 0 Å². The van der Waals surface area contributed by atoms with Crippen molar-refractivity contribution in [3.05, 3.63) is 59.0 Å². The van der Waals surface area contributed by atoms with Crippen molar-refractivity contribution in [3.63, 3.8) is 0 Å². The van der Waals surface area contributed by atoms with Crippen molar-refractivity contribution >= 4 is 0 Å². The van der Waals surface area contributed by atoms with E-state index in [1.165, 1.54) is 18.2 Å². The molecule has 5 heteroatoms. The summed E-state index contributed by atoms with van der Waals surface area (Å²) in [6, 6.07) is 9.89. The fourth-order valence-corrected chi connectivity index (χ4v) is 1.83. The molecule has 0 aliphatic heterocycles. The van der Waals surface area contributed by atoms with Crippen LogP contribution in [0.3, 0.4) is 0 Å². The number of halogens is 1. The zero-order valence-corrected chi connectivity index (χ0v) is 11.1. The molecule has 1 heterocycles. The highest BCUT2D eigenvalue weighted by Crippen LogP contribution is 2.11. The molecule has 1 N–H and O–H groups in total. The average molecular weight is 271 g/mol. The van der Waals surface area contributed by atoms with Gasteiger partial charge in [-0.05, 0) is 35.4 Å². The Bertz CT molecular complexity index is 637. The molecule has 1 aromatic carbocycles. The van der Waals surface area contributed by atoms with Gasteiger partial charge in [0.2, 0.25) is 5.88 Å². The first-order valence-corrected chi connectivity index (χ1v) is 6.11. The van der Waals surface area contributed by atoms with Crippen LogP contribution < -0.4 is 10.1 Å². The molecule has 4 nitrogen and oxygen atoms in total. The van der Waals surface area contributed by atoms with Crippen LogP contribution in [0, 0.1) is 17.1 Å². The lowest BCUT2D eigenvalue weighted by Gasteiger charge is -2.07. The van der Waals surface area contributed by atoms with Crippen molar-refractivity contribution in [1.29, 1.82) is 5.26 Å². The highest BCUT2D eigenvalue weighted by Gasteiger charge is 2.04. The van der Waals surface area contributed by atoms with E-state index in [-0.39, 0.29) is 5.82 Å². The minimum absolute atomic E-state index is 0.341. The maximum Gasteiger partial charge on any atom is 0.213 e. The normalized spacial score (nSPS) is 10.1. The molecule has 0 atom stereocenters. The van der Waals surface area contributed by atoms with Gasteiger partial charge in [-0.2, -0.15) is 5.26 Å². The molecule has 0 bridgehead atoms. The van der Waals surface area contributed by atoms with Crippen LogP contribution in [-0.4, -0.2) is 12.1 Å². The van der Waals surface area contributed by atoms with Crippen LogP contribution in [0.1, 0.15) is 16.7 Å². The fourth-order valence-electron chi connectivity index (χ4n) is 1.83. The Balaban J connectivity index is 1.99. The van der Waals surface area contributed by atoms with Crippen LogP contribution in [0.4, 0.5) is 4.39 Å². The second kappa shape index (κ2) is 6.64. The van der Waals surface area contributed by atoms with Gasteiger partial charge in [0.1, 0.15) is 5.82 Å². The standard InChI is InChI=1S/C15H14FN3O/c1-20-15-6-11(4-5-19-15)9-18-10-13-7-14(16)3-2-12(13)8-17/h2-7,18H,9-10H2,1H3. The van der Waals surface area contributed by atoms with Crippen molar-refractivity contribution in [1.82, 2.24) is 10.3 Å². The van der Waals surface area contributed by atoms with E-state index in [1.807, 2.05) is 12.1 Å². The van der Waals surface area contributed by atoms with E-state index in [0.717, 1.165) is 5.56 Å². The van der Waals surface area contributed by atoms with Crippen LogP contribution in [-0.2, 0) is 13.1 Å². The molecule has 0 aliphatic rings. The maximum atomic E-state index is 13.2. The van der Waals surface area contributed by atoms with E-state index < -0.39 is 0 Å². The summed E-state index contributed by atoms with van der Waals surface area (Å²) in [6.45, 7) is 1.01. The Labute approximate surface area is 116 Å². The van der Waals surface area contributed by atoms with Crippen molar-refractivity contribution < 1.29 is 9.13 Å². The van der Waals surface area contributed by atoms with E-state index in [2.05, 4.69) is 16.4 Å². The number of hydrogen-bond donors (Lipinski definition) is 1. The molecule has 2 rings (SSSR count). The summed E-state index contributed by atoms with van der Waals surface area (Å²) in [4.78, 5) is 4.02. The first-order chi connectivity index (χ1) is 9.72. The Morgan fingerprint density at radius 3 is 2.90 bits per heavy atom. The predicted octanol–water partition coefficient (Wildman–Crippen LogP) is 2.39. The van der Waals surface area contributed by atoms with Gasteiger partial charge in [0.25, 0.3) is 0 Å². The topological polar surface area (TPSA) is 57.9 Å². The van der Waals surface area contributed by atoms with Crippen molar-refractivity contribution in [2.24, 2.45) is 0 Å². The third kappa shape index (κ3) is 3.53. The smallest absolute Gasteiger partial charge is 0.213 e. The number of nitrogens with one attached hydrogen (secondary N) is 1. The zero-order chi connectivity index (χ0) is 14.4. The lowest BCUT2D eigenvalue weighted by molar-refractivity contribution is 0.397. The molecular formula is C15H14FN3O. The second-order valence-electron chi connectivity index (χ2n) is 4.22. The largest absolute Gasteiger partial charge is 0.481 e. The monoisotopic (exact) mass is 271 g/mol. The molecule has 0 saturated heterocycles.